The molecule has 2 aromatic rings. The number of hydrogen-bond acceptors (Lipinski definition) is 5. The van der Waals surface area contributed by atoms with E-state index in [2.05, 4.69) is 10.6 Å². The van der Waals surface area contributed by atoms with E-state index >= 15 is 0 Å². The van der Waals surface area contributed by atoms with Crippen molar-refractivity contribution in [1.82, 2.24) is 10.6 Å². The Hall–Kier alpha value is -2.96. The van der Waals surface area contributed by atoms with Crippen molar-refractivity contribution in [2.45, 2.75) is 25.9 Å². The van der Waals surface area contributed by atoms with Crippen LogP contribution in [0.5, 0.6) is 11.5 Å². The van der Waals surface area contributed by atoms with E-state index in [1.165, 1.54) is 13.4 Å². The smallest absolute Gasteiger partial charge is 0.242 e. The van der Waals surface area contributed by atoms with E-state index < -0.39 is 6.04 Å². The third-order valence-corrected chi connectivity index (χ3v) is 3.60. The van der Waals surface area contributed by atoms with Crippen LogP contribution in [-0.4, -0.2) is 32.1 Å². The van der Waals surface area contributed by atoms with Crippen molar-refractivity contribution in [1.29, 1.82) is 0 Å². The molecular weight excluding hydrogens is 324 g/mol. The first-order valence-electron chi connectivity index (χ1n) is 7.84. The number of carbonyl (C=O) groups is 2. The van der Waals surface area contributed by atoms with Crippen LogP contribution in [0.2, 0.25) is 0 Å². The zero-order valence-corrected chi connectivity index (χ0v) is 14.5. The molecule has 1 aromatic heterocycles. The fourth-order valence-corrected chi connectivity index (χ4v) is 2.27. The average molecular weight is 346 g/mol. The van der Waals surface area contributed by atoms with Gasteiger partial charge in [0, 0.05) is 0 Å². The van der Waals surface area contributed by atoms with Crippen LogP contribution >= 0.6 is 0 Å². The maximum absolute atomic E-state index is 12.1. The van der Waals surface area contributed by atoms with Crippen molar-refractivity contribution in [3.63, 3.8) is 0 Å². The molecule has 0 radical (unpaired) electrons. The van der Waals surface area contributed by atoms with Crippen molar-refractivity contribution in [3.05, 3.63) is 47.9 Å². The summed E-state index contributed by atoms with van der Waals surface area (Å²) < 4.78 is 15.5. The molecule has 25 heavy (non-hydrogen) atoms. The summed E-state index contributed by atoms with van der Waals surface area (Å²) in [6, 6.07) is 8.11. The summed E-state index contributed by atoms with van der Waals surface area (Å²) in [4.78, 5) is 24.1. The lowest BCUT2D eigenvalue weighted by atomic mass is 10.1. The summed E-state index contributed by atoms with van der Waals surface area (Å²) in [6.07, 6.45) is 1.67. The van der Waals surface area contributed by atoms with E-state index in [-0.39, 0.29) is 24.8 Å². The average Bonchev–Trinajstić information content (AvgIpc) is 3.12. The number of rotatable bonds is 8. The van der Waals surface area contributed by atoms with Gasteiger partial charge in [0.05, 0.1) is 33.4 Å². The van der Waals surface area contributed by atoms with Gasteiger partial charge in [-0.15, -0.1) is 0 Å². The molecule has 2 N–H and O–H groups in total. The molecule has 0 saturated heterocycles. The van der Waals surface area contributed by atoms with Crippen LogP contribution in [0.3, 0.4) is 0 Å². The van der Waals surface area contributed by atoms with Crippen LogP contribution in [0.25, 0.3) is 0 Å². The Balaban J connectivity index is 1.85. The van der Waals surface area contributed by atoms with E-state index in [0.717, 1.165) is 5.56 Å². The topological polar surface area (TPSA) is 89.8 Å². The molecule has 0 fully saturated rings. The number of benzene rings is 1. The highest BCUT2D eigenvalue weighted by Gasteiger charge is 2.16. The van der Waals surface area contributed by atoms with Crippen LogP contribution < -0.4 is 20.1 Å². The van der Waals surface area contributed by atoms with Gasteiger partial charge in [-0.2, -0.15) is 0 Å². The molecule has 0 saturated carbocycles. The molecule has 2 amide bonds. The first-order valence-corrected chi connectivity index (χ1v) is 7.84. The highest BCUT2D eigenvalue weighted by atomic mass is 16.5. The van der Waals surface area contributed by atoms with Crippen LogP contribution in [0.4, 0.5) is 0 Å². The van der Waals surface area contributed by atoms with Gasteiger partial charge in [0.25, 0.3) is 0 Å². The van der Waals surface area contributed by atoms with Gasteiger partial charge in [0.2, 0.25) is 11.8 Å². The summed E-state index contributed by atoms with van der Waals surface area (Å²) in [6.45, 7) is 1.91. The molecule has 1 atom stereocenters. The van der Waals surface area contributed by atoms with E-state index in [4.69, 9.17) is 13.9 Å². The van der Waals surface area contributed by atoms with Gasteiger partial charge in [-0.1, -0.05) is 6.07 Å². The van der Waals surface area contributed by atoms with E-state index in [1.54, 1.807) is 44.4 Å². The standard InChI is InChI=1S/C18H22N2O5/c1-12(18(22)19-11-14-5-4-8-25-14)20-17(21)10-13-6-7-15(23-2)16(9-13)24-3/h4-9,12H,10-11H2,1-3H3,(H,19,22)(H,20,21)/t12-/m0/s1. The quantitative estimate of drug-likeness (QED) is 0.759. The number of nitrogens with one attached hydrogen (secondary N) is 2. The first-order chi connectivity index (χ1) is 12.0. The molecule has 1 aromatic carbocycles. The zero-order chi connectivity index (χ0) is 18.2. The normalized spacial score (nSPS) is 11.5. The number of furan rings is 1. The lowest BCUT2D eigenvalue weighted by molar-refractivity contribution is -0.128. The molecule has 7 nitrogen and oxygen atoms in total. The van der Waals surface area contributed by atoms with Gasteiger partial charge < -0.3 is 24.5 Å². The Labute approximate surface area is 146 Å². The van der Waals surface area contributed by atoms with Crippen LogP contribution in [0.1, 0.15) is 18.2 Å². The number of methoxy groups -OCH3 is 2. The third kappa shape index (κ3) is 5.27. The van der Waals surface area contributed by atoms with Gasteiger partial charge in [-0.3, -0.25) is 9.59 Å². The highest BCUT2D eigenvalue weighted by molar-refractivity contribution is 5.88. The number of hydrogen-bond donors (Lipinski definition) is 2. The Morgan fingerprint density at radius 2 is 1.92 bits per heavy atom. The third-order valence-electron chi connectivity index (χ3n) is 3.60. The minimum Gasteiger partial charge on any atom is -0.493 e. The van der Waals surface area contributed by atoms with E-state index in [1.807, 2.05) is 0 Å². The second-order valence-corrected chi connectivity index (χ2v) is 5.45. The molecule has 134 valence electrons. The molecule has 7 heteroatoms. The molecule has 2 rings (SSSR count). The predicted molar refractivity (Wildman–Crippen MR) is 91.4 cm³/mol. The second kappa shape index (κ2) is 8.77. The lowest BCUT2D eigenvalue weighted by Gasteiger charge is -2.14. The SMILES string of the molecule is COc1ccc(CC(=O)N[C@@H](C)C(=O)NCc2ccco2)cc1OC. The molecule has 0 aliphatic rings. The summed E-state index contributed by atoms with van der Waals surface area (Å²) in [5.41, 5.74) is 0.762. The van der Waals surface area contributed by atoms with Gasteiger partial charge in [-0.05, 0) is 36.8 Å². The fourth-order valence-electron chi connectivity index (χ4n) is 2.27. The molecule has 0 unspecified atom stereocenters. The predicted octanol–water partition coefficient (Wildman–Crippen LogP) is 1.66. The molecule has 0 bridgehead atoms. The summed E-state index contributed by atoms with van der Waals surface area (Å²) in [5.74, 6) is 1.26. The molecule has 0 spiro atoms. The molecule has 0 aliphatic carbocycles. The van der Waals surface area contributed by atoms with Crippen molar-refractivity contribution < 1.29 is 23.5 Å². The highest BCUT2D eigenvalue weighted by Crippen LogP contribution is 2.27. The number of carbonyl (C=O) groups excluding carboxylic acids is 2. The summed E-state index contributed by atoms with van der Waals surface area (Å²) in [5, 5.41) is 5.37. The largest absolute Gasteiger partial charge is 0.493 e. The second-order valence-electron chi connectivity index (χ2n) is 5.45. The Morgan fingerprint density at radius 3 is 2.56 bits per heavy atom. The van der Waals surface area contributed by atoms with Gasteiger partial charge in [0.1, 0.15) is 11.8 Å². The fraction of sp³-hybridized carbons (Fsp3) is 0.333. The molecule has 1 heterocycles. The zero-order valence-electron chi connectivity index (χ0n) is 14.5. The first kappa shape index (κ1) is 18.4. The maximum atomic E-state index is 12.1. The maximum Gasteiger partial charge on any atom is 0.242 e. The van der Waals surface area contributed by atoms with Crippen LogP contribution in [0.15, 0.2) is 41.0 Å². The van der Waals surface area contributed by atoms with E-state index in [0.29, 0.717) is 17.3 Å². The van der Waals surface area contributed by atoms with Crippen molar-refractivity contribution in [2.24, 2.45) is 0 Å². The monoisotopic (exact) mass is 346 g/mol. The van der Waals surface area contributed by atoms with Crippen LogP contribution in [-0.2, 0) is 22.6 Å². The van der Waals surface area contributed by atoms with Crippen molar-refractivity contribution in [3.8, 4) is 11.5 Å². The minimum absolute atomic E-state index is 0.135. The minimum atomic E-state index is -0.650. The van der Waals surface area contributed by atoms with Gasteiger partial charge >= 0.3 is 0 Å². The molecular formula is C18H22N2O5. The number of amides is 2. The van der Waals surface area contributed by atoms with E-state index in [9.17, 15) is 9.59 Å². The number of ether oxygens (including phenoxy) is 2. The van der Waals surface area contributed by atoms with Crippen molar-refractivity contribution >= 4 is 11.8 Å². The van der Waals surface area contributed by atoms with Gasteiger partial charge in [0.15, 0.2) is 11.5 Å². The summed E-state index contributed by atoms with van der Waals surface area (Å²) in [7, 11) is 3.08. The Bertz CT molecular complexity index is 712. The van der Waals surface area contributed by atoms with Crippen LogP contribution in [0, 0.1) is 0 Å². The summed E-state index contributed by atoms with van der Waals surface area (Å²) >= 11 is 0. The lowest BCUT2D eigenvalue weighted by Crippen LogP contribution is -2.45. The Kier molecular flexibility index (Phi) is 6.45. The van der Waals surface area contributed by atoms with Gasteiger partial charge in [-0.25, -0.2) is 0 Å². The van der Waals surface area contributed by atoms with Crippen molar-refractivity contribution in [2.75, 3.05) is 14.2 Å². The molecule has 0 aliphatic heterocycles. The Morgan fingerprint density at radius 1 is 1.16 bits per heavy atom.